The second-order valence-corrected chi connectivity index (χ2v) is 9.56. The van der Waals surface area contributed by atoms with Crippen LogP contribution in [0.15, 0.2) is 36.5 Å². The molecule has 12 heteroatoms. The number of nitrogens with zero attached hydrogens (tertiary/aromatic N) is 5. The van der Waals surface area contributed by atoms with Crippen LogP contribution in [0.25, 0.3) is 0 Å². The fraction of sp³-hybridized carbons (Fsp3) is 0.538. The minimum absolute atomic E-state index is 0. The maximum absolute atomic E-state index is 13.2. The lowest BCUT2D eigenvalue weighted by molar-refractivity contribution is -0.388. The van der Waals surface area contributed by atoms with Gasteiger partial charge in [0.15, 0.2) is 0 Å². The Morgan fingerprint density at radius 3 is 2.37 bits per heavy atom. The number of pyridine rings is 1. The number of hydrogen-bond donors (Lipinski definition) is 1. The Morgan fingerprint density at radius 2 is 1.79 bits per heavy atom. The number of aryl methyl sites for hydroxylation is 1. The highest BCUT2D eigenvalue weighted by Gasteiger charge is 2.38. The Hall–Kier alpha value is -3.41. The maximum atomic E-state index is 13.2. The molecule has 4 rings (SSSR count). The second-order valence-electron chi connectivity index (χ2n) is 9.56. The zero-order valence-electron chi connectivity index (χ0n) is 20.7. The molecule has 0 bridgehead atoms. The highest BCUT2D eigenvalue weighted by Crippen LogP contribution is 2.38. The third kappa shape index (κ3) is 7.33. The van der Waals surface area contributed by atoms with Crippen molar-refractivity contribution in [1.82, 2.24) is 14.8 Å². The normalized spacial score (nSPS) is 17.2. The summed E-state index contributed by atoms with van der Waals surface area (Å²) in [6.07, 6.45) is -1.35. The minimum atomic E-state index is -4.82. The van der Waals surface area contributed by atoms with Crippen molar-refractivity contribution in [2.75, 3.05) is 56.0 Å². The first-order valence-electron chi connectivity index (χ1n) is 12.4. The van der Waals surface area contributed by atoms with E-state index in [4.69, 9.17) is 0 Å². The smallest absolute Gasteiger partial charge is 0.382 e. The Kier molecular flexibility index (Phi) is 9.53. The molecule has 9 nitrogen and oxygen atoms in total. The molecule has 0 unspecified atom stereocenters. The maximum Gasteiger partial charge on any atom is 0.423 e. The molecule has 2 fully saturated rings. The number of piperidine rings is 1. The number of nitrogens with one attached hydrogen (secondary N) is 1. The number of piperazine rings is 1. The molecule has 2 saturated heterocycles. The Balaban J connectivity index is 0.00000400. The Bertz CT molecular complexity index is 1100. The molecule has 1 N–H and O–H groups in total. The van der Waals surface area contributed by atoms with Crippen LogP contribution in [-0.2, 0) is 11.0 Å². The number of aromatic nitrogens is 1. The summed E-state index contributed by atoms with van der Waals surface area (Å²) in [4.78, 5) is 33.5. The molecule has 0 atom stereocenters. The summed E-state index contributed by atoms with van der Waals surface area (Å²) < 4.78 is 39.7. The van der Waals surface area contributed by atoms with Crippen LogP contribution in [0.3, 0.4) is 0 Å². The quantitative estimate of drug-likeness (QED) is 0.409. The van der Waals surface area contributed by atoms with Crippen LogP contribution in [0, 0.1) is 17.0 Å². The van der Waals surface area contributed by atoms with Crippen molar-refractivity contribution < 1.29 is 22.9 Å². The number of rotatable bonds is 7. The molecule has 0 aliphatic carbocycles. The first kappa shape index (κ1) is 29.2. The number of anilines is 2. The molecule has 208 valence electrons. The summed E-state index contributed by atoms with van der Waals surface area (Å²) in [6, 6.07) is 6.92. The average Bonchev–Trinajstić information content (AvgIpc) is 2.88. The third-order valence-electron chi connectivity index (χ3n) is 6.95. The van der Waals surface area contributed by atoms with Crippen molar-refractivity contribution in [1.29, 1.82) is 0 Å². The number of nitro groups is 1. The van der Waals surface area contributed by atoms with Crippen LogP contribution in [0.4, 0.5) is 30.4 Å². The molecular weight excluding hydrogens is 501 g/mol. The fourth-order valence-electron chi connectivity index (χ4n) is 4.78. The van der Waals surface area contributed by atoms with Gasteiger partial charge in [-0.25, -0.2) is 4.98 Å². The highest BCUT2D eigenvalue weighted by molar-refractivity contribution is 5.76. The van der Waals surface area contributed by atoms with Gasteiger partial charge in [-0.15, -0.1) is 0 Å². The van der Waals surface area contributed by atoms with E-state index < -0.39 is 22.4 Å². The summed E-state index contributed by atoms with van der Waals surface area (Å²) in [5.41, 5.74) is -0.928. The van der Waals surface area contributed by atoms with E-state index >= 15 is 0 Å². The molecule has 38 heavy (non-hydrogen) atoms. The van der Waals surface area contributed by atoms with E-state index in [1.807, 2.05) is 24.1 Å². The second kappa shape index (κ2) is 12.4. The van der Waals surface area contributed by atoms with Crippen LogP contribution < -0.4 is 10.2 Å². The number of halogens is 3. The molecule has 1 aromatic heterocycles. The van der Waals surface area contributed by atoms with Crippen molar-refractivity contribution in [2.45, 2.75) is 45.8 Å². The van der Waals surface area contributed by atoms with Crippen molar-refractivity contribution in [3.63, 3.8) is 0 Å². The highest BCUT2D eigenvalue weighted by atomic mass is 19.4. The molecule has 0 radical (unpaired) electrons. The Labute approximate surface area is 220 Å². The van der Waals surface area contributed by atoms with Crippen LogP contribution in [0.1, 0.15) is 37.8 Å². The SMILES string of the molecule is C.Cc1ccc(N2CCN(CCC(=O)N3CCC(Nc4ccc([N+](=O)[O-])c(C(F)(F)F)c4)CC3)CC2)nc1. The van der Waals surface area contributed by atoms with Gasteiger partial charge in [0.05, 0.1) is 4.92 Å². The van der Waals surface area contributed by atoms with Crippen molar-refractivity contribution in [2.24, 2.45) is 0 Å². The standard InChI is InChI=1S/C25H31F3N6O3.CH4/c1-18-2-5-23(29-17-18)32-14-12-31(13-15-32)9-8-24(35)33-10-6-19(7-11-33)30-20-3-4-22(34(36)37)21(16-20)25(26,27)28;/h2-5,16-17,19,30H,6-15H2,1H3;1H4. The zero-order valence-corrected chi connectivity index (χ0v) is 20.7. The predicted molar refractivity (Wildman–Crippen MR) is 140 cm³/mol. The van der Waals surface area contributed by atoms with Gasteiger partial charge in [0, 0.05) is 76.2 Å². The minimum Gasteiger partial charge on any atom is -0.382 e. The number of alkyl halides is 3. The molecule has 0 spiro atoms. The van der Waals surface area contributed by atoms with Gasteiger partial charge in [-0.2, -0.15) is 13.2 Å². The van der Waals surface area contributed by atoms with E-state index in [0.29, 0.717) is 38.9 Å². The van der Waals surface area contributed by atoms with Gasteiger partial charge in [0.25, 0.3) is 5.69 Å². The number of amides is 1. The van der Waals surface area contributed by atoms with Gasteiger partial charge in [-0.05, 0) is 43.5 Å². The number of nitro benzene ring substituents is 1. The summed E-state index contributed by atoms with van der Waals surface area (Å²) in [5, 5.41) is 14.0. The molecule has 3 heterocycles. The third-order valence-corrected chi connectivity index (χ3v) is 6.95. The van der Waals surface area contributed by atoms with Gasteiger partial charge in [-0.1, -0.05) is 13.5 Å². The summed E-state index contributed by atoms with van der Waals surface area (Å²) in [5.74, 6) is 1.05. The molecular formula is C26H35F3N6O3. The van der Waals surface area contributed by atoms with Gasteiger partial charge in [0.1, 0.15) is 11.4 Å². The van der Waals surface area contributed by atoms with Crippen LogP contribution in [-0.4, -0.2) is 77.5 Å². The number of carbonyl (C=O) groups is 1. The van der Waals surface area contributed by atoms with Gasteiger partial charge in [0.2, 0.25) is 5.91 Å². The van der Waals surface area contributed by atoms with Crippen molar-refractivity contribution in [3.05, 3.63) is 57.8 Å². The number of hydrogen-bond acceptors (Lipinski definition) is 7. The molecule has 2 aliphatic rings. The lowest BCUT2D eigenvalue weighted by Crippen LogP contribution is -2.48. The van der Waals surface area contributed by atoms with E-state index in [2.05, 4.69) is 26.2 Å². The monoisotopic (exact) mass is 536 g/mol. The lowest BCUT2D eigenvalue weighted by Gasteiger charge is -2.36. The summed E-state index contributed by atoms with van der Waals surface area (Å²) >= 11 is 0. The van der Waals surface area contributed by atoms with E-state index in [1.54, 1.807) is 0 Å². The van der Waals surface area contributed by atoms with Crippen LogP contribution >= 0.6 is 0 Å². The van der Waals surface area contributed by atoms with Crippen LogP contribution in [0.5, 0.6) is 0 Å². The number of benzene rings is 1. The molecule has 1 aromatic carbocycles. The molecule has 1 amide bonds. The molecule has 0 saturated carbocycles. The van der Waals surface area contributed by atoms with E-state index in [9.17, 15) is 28.1 Å². The van der Waals surface area contributed by atoms with Crippen molar-refractivity contribution >= 4 is 23.1 Å². The number of likely N-dealkylation sites (tertiary alicyclic amines) is 1. The first-order chi connectivity index (χ1) is 17.6. The van der Waals surface area contributed by atoms with Gasteiger partial charge in [-0.3, -0.25) is 19.8 Å². The van der Waals surface area contributed by atoms with Crippen molar-refractivity contribution in [3.8, 4) is 0 Å². The summed E-state index contributed by atoms with van der Waals surface area (Å²) in [6.45, 7) is 7.19. The first-order valence-corrected chi connectivity index (χ1v) is 12.4. The number of carbonyl (C=O) groups excluding carboxylic acids is 1. The average molecular weight is 537 g/mol. The fourth-order valence-corrected chi connectivity index (χ4v) is 4.78. The largest absolute Gasteiger partial charge is 0.423 e. The van der Waals surface area contributed by atoms with Crippen LogP contribution in [0.2, 0.25) is 0 Å². The molecule has 2 aromatic rings. The van der Waals surface area contributed by atoms with Gasteiger partial charge >= 0.3 is 6.18 Å². The van der Waals surface area contributed by atoms with E-state index in [-0.39, 0.29) is 25.1 Å². The molecule has 2 aliphatic heterocycles. The van der Waals surface area contributed by atoms with E-state index in [1.165, 1.54) is 6.07 Å². The summed E-state index contributed by atoms with van der Waals surface area (Å²) in [7, 11) is 0. The van der Waals surface area contributed by atoms with E-state index in [0.717, 1.165) is 49.7 Å². The lowest BCUT2D eigenvalue weighted by atomic mass is 10.0. The van der Waals surface area contributed by atoms with Gasteiger partial charge < -0.3 is 15.1 Å². The Morgan fingerprint density at radius 1 is 1.11 bits per heavy atom. The topological polar surface area (TPSA) is 94.8 Å². The predicted octanol–water partition coefficient (Wildman–Crippen LogP) is 4.57. The zero-order chi connectivity index (χ0) is 26.6.